The van der Waals surface area contributed by atoms with E-state index in [1.54, 1.807) is 12.1 Å². The zero-order chi connectivity index (χ0) is 13.1. The molecule has 2 aromatic rings. The Balaban J connectivity index is 2.13. The molecule has 2 N–H and O–H groups in total. The van der Waals surface area contributed by atoms with Crippen molar-refractivity contribution in [2.45, 2.75) is 10.6 Å². The second-order valence-corrected chi connectivity index (χ2v) is 5.16. The van der Waals surface area contributed by atoms with Crippen LogP contribution in [0.25, 0.3) is 0 Å². The number of rotatable bonds is 3. The molecule has 0 spiro atoms. The van der Waals surface area contributed by atoms with Crippen LogP contribution in [0.3, 0.4) is 0 Å². The molecule has 2 aromatic carbocycles. The van der Waals surface area contributed by atoms with Crippen LogP contribution in [-0.4, -0.2) is 0 Å². The van der Waals surface area contributed by atoms with Crippen molar-refractivity contribution in [1.82, 2.24) is 0 Å². The summed E-state index contributed by atoms with van der Waals surface area (Å²) in [7, 11) is 0. The molecule has 0 aliphatic heterocycles. The molecule has 0 bridgehead atoms. The van der Waals surface area contributed by atoms with E-state index in [2.05, 4.69) is 0 Å². The van der Waals surface area contributed by atoms with Crippen molar-refractivity contribution in [3.05, 3.63) is 58.6 Å². The average Bonchev–Trinajstić information content (AvgIpc) is 2.32. The molecule has 0 radical (unpaired) electrons. The smallest absolute Gasteiger partial charge is 0.127 e. The van der Waals surface area contributed by atoms with Gasteiger partial charge in [-0.25, -0.2) is 8.78 Å². The Bertz CT molecular complexity index is 575. The van der Waals surface area contributed by atoms with Crippen LogP contribution in [0.4, 0.5) is 14.5 Å². The van der Waals surface area contributed by atoms with E-state index < -0.39 is 0 Å². The van der Waals surface area contributed by atoms with Gasteiger partial charge in [-0.1, -0.05) is 11.6 Å². The predicted molar refractivity (Wildman–Crippen MR) is 71.8 cm³/mol. The van der Waals surface area contributed by atoms with Crippen LogP contribution in [-0.2, 0) is 5.75 Å². The molecule has 1 nitrogen and oxygen atoms in total. The van der Waals surface area contributed by atoms with Crippen LogP contribution in [0.15, 0.2) is 41.3 Å². The van der Waals surface area contributed by atoms with Gasteiger partial charge in [0.15, 0.2) is 0 Å². The van der Waals surface area contributed by atoms with Crippen molar-refractivity contribution >= 4 is 29.1 Å². The first-order chi connectivity index (χ1) is 8.56. The van der Waals surface area contributed by atoms with E-state index >= 15 is 0 Å². The number of nitrogens with two attached hydrogens (primary N) is 1. The minimum atomic E-state index is -0.384. The molecule has 0 aliphatic carbocycles. The number of halogens is 3. The standard InChI is InChI=1S/C13H10ClF2NS/c14-9-1-3-11(16)8(5-9)7-18-13-4-2-10(15)6-12(13)17/h1-6H,7,17H2. The van der Waals surface area contributed by atoms with Crippen molar-refractivity contribution in [2.75, 3.05) is 5.73 Å². The monoisotopic (exact) mass is 285 g/mol. The van der Waals surface area contributed by atoms with E-state index in [4.69, 9.17) is 17.3 Å². The third-order valence-corrected chi connectivity index (χ3v) is 3.74. The maximum absolute atomic E-state index is 13.5. The van der Waals surface area contributed by atoms with Crippen LogP contribution in [0.5, 0.6) is 0 Å². The fraction of sp³-hybridized carbons (Fsp3) is 0.0769. The van der Waals surface area contributed by atoms with Gasteiger partial charge in [0, 0.05) is 21.4 Å². The molecular formula is C13H10ClF2NS. The lowest BCUT2D eigenvalue weighted by molar-refractivity contribution is 0.617. The van der Waals surface area contributed by atoms with Gasteiger partial charge in [-0.15, -0.1) is 11.8 Å². The van der Waals surface area contributed by atoms with E-state index in [0.29, 0.717) is 22.0 Å². The Morgan fingerprint density at radius 2 is 1.89 bits per heavy atom. The summed E-state index contributed by atoms with van der Waals surface area (Å²) in [5, 5.41) is 0.485. The molecule has 94 valence electrons. The van der Waals surface area contributed by atoms with Crippen molar-refractivity contribution in [3.63, 3.8) is 0 Å². The highest BCUT2D eigenvalue weighted by Crippen LogP contribution is 2.30. The van der Waals surface area contributed by atoms with Crippen LogP contribution in [0, 0.1) is 11.6 Å². The van der Waals surface area contributed by atoms with Gasteiger partial charge in [-0.2, -0.15) is 0 Å². The van der Waals surface area contributed by atoms with Gasteiger partial charge >= 0.3 is 0 Å². The summed E-state index contributed by atoms with van der Waals surface area (Å²) in [6.07, 6.45) is 0. The predicted octanol–water partition coefficient (Wildman–Crippen LogP) is 4.49. The second kappa shape index (κ2) is 5.59. The Hall–Kier alpha value is -1.26. The third-order valence-electron chi connectivity index (χ3n) is 2.36. The van der Waals surface area contributed by atoms with E-state index in [0.717, 1.165) is 4.90 Å². The summed E-state index contributed by atoms with van der Waals surface area (Å²) >= 11 is 7.14. The first-order valence-corrected chi connectivity index (χ1v) is 6.54. The van der Waals surface area contributed by atoms with E-state index in [-0.39, 0.29) is 11.6 Å². The maximum atomic E-state index is 13.5. The zero-order valence-electron chi connectivity index (χ0n) is 9.29. The first-order valence-electron chi connectivity index (χ1n) is 5.18. The van der Waals surface area contributed by atoms with E-state index in [1.165, 1.54) is 36.0 Å². The number of hydrogen-bond donors (Lipinski definition) is 1. The molecule has 0 aromatic heterocycles. The molecule has 0 unspecified atom stereocenters. The Kier molecular flexibility index (Phi) is 4.09. The lowest BCUT2D eigenvalue weighted by Gasteiger charge is -2.06. The molecule has 0 saturated heterocycles. The first kappa shape index (κ1) is 13.2. The summed E-state index contributed by atoms with van der Waals surface area (Å²) in [5.74, 6) is -0.305. The SMILES string of the molecule is Nc1cc(F)ccc1SCc1cc(Cl)ccc1F. The van der Waals surface area contributed by atoms with Gasteiger partial charge in [0.25, 0.3) is 0 Å². The molecule has 0 fully saturated rings. The highest BCUT2D eigenvalue weighted by Gasteiger charge is 2.06. The summed E-state index contributed by atoms with van der Waals surface area (Å²) in [6.45, 7) is 0. The second-order valence-electron chi connectivity index (χ2n) is 3.71. The van der Waals surface area contributed by atoms with Crippen molar-refractivity contribution in [1.29, 1.82) is 0 Å². The van der Waals surface area contributed by atoms with Gasteiger partial charge in [-0.05, 0) is 42.0 Å². The minimum Gasteiger partial charge on any atom is -0.398 e. The molecular weight excluding hydrogens is 276 g/mol. The summed E-state index contributed by atoms with van der Waals surface area (Å²) in [6, 6.07) is 8.55. The number of nitrogen functional groups attached to an aromatic ring is 1. The van der Waals surface area contributed by atoms with Crippen LogP contribution < -0.4 is 5.73 Å². The third kappa shape index (κ3) is 3.15. The molecule has 0 aliphatic rings. The topological polar surface area (TPSA) is 26.0 Å². The lowest BCUT2D eigenvalue weighted by Crippen LogP contribution is -1.92. The number of anilines is 1. The van der Waals surface area contributed by atoms with Gasteiger partial charge in [0.2, 0.25) is 0 Å². The van der Waals surface area contributed by atoms with Crippen molar-refractivity contribution < 1.29 is 8.78 Å². The summed E-state index contributed by atoms with van der Waals surface area (Å²) < 4.78 is 26.3. The molecule has 2 rings (SSSR count). The van der Waals surface area contributed by atoms with Gasteiger partial charge < -0.3 is 5.73 Å². The van der Waals surface area contributed by atoms with Crippen molar-refractivity contribution in [3.8, 4) is 0 Å². The lowest BCUT2D eigenvalue weighted by atomic mass is 10.2. The molecule has 5 heteroatoms. The molecule has 0 amide bonds. The Morgan fingerprint density at radius 3 is 2.61 bits per heavy atom. The number of thioether (sulfide) groups is 1. The highest BCUT2D eigenvalue weighted by molar-refractivity contribution is 7.98. The molecule has 0 heterocycles. The fourth-order valence-electron chi connectivity index (χ4n) is 1.46. The van der Waals surface area contributed by atoms with Gasteiger partial charge in [0.05, 0.1) is 0 Å². The number of hydrogen-bond acceptors (Lipinski definition) is 2. The van der Waals surface area contributed by atoms with Crippen molar-refractivity contribution in [2.24, 2.45) is 0 Å². The van der Waals surface area contributed by atoms with Crippen LogP contribution >= 0.6 is 23.4 Å². The van der Waals surface area contributed by atoms with Gasteiger partial charge in [0.1, 0.15) is 11.6 Å². The van der Waals surface area contributed by atoms with E-state index in [9.17, 15) is 8.78 Å². The fourth-order valence-corrected chi connectivity index (χ4v) is 2.58. The molecule has 18 heavy (non-hydrogen) atoms. The summed E-state index contributed by atoms with van der Waals surface area (Å²) in [5.41, 5.74) is 6.52. The zero-order valence-corrected chi connectivity index (χ0v) is 10.9. The Morgan fingerprint density at radius 1 is 1.11 bits per heavy atom. The van der Waals surface area contributed by atoms with E-state index in [1.807, 2.05) is 0 Å². The molecule has 0 saturated carbocycles. The largest absolute Gasteiger partial charge is 0.398 e. The Labute approximate surface area is 113 Å². The van der Waals surface area contributed by atoms with Crippen LogP contribution in [0.1, 0.15) is 5.56 Å². The summed E-state index contributed by atoms with van der Waals surface area (Å²) in [4.78, 5) is 0.718. The highest BCUT2D eigenvalue weighted by atomic mass is 35.5. The van der Waals surface area contributed by atoms with Gasteiger partial charge in [-0.3, -0.25) is 0 Å². The normalized spacial score (nSPS) is 10.6. The number of benzene rings is 2. The molecule has 0 atom stereocenters. The van der Waals surface area contributed by atoms with Crippen LogP contribution in [0.2, 0.25) is 5.02 Å². The minimum absolute atomic E-state index is 0.312. The average molecular weight is 286 g/mol. The maximum Gasteiger partial charge on any atom is 0.127 e. The quantitative estimate of drug-likeness (QED) is 0.664.